The first-order chi connectivity index (χ1) is 16.5. The van der Waals surface area contributed by atoms with Gasteiger partial charge in [-0.25, -0.2) is 9.67 Å². The van der Waals surface area contributed by atoms with Crippen LogP contribution in [0.3, 0.4) is 0 Å². The summed E-state index contributed by atoms with van der Waals surface area (Å²) in [7, 11) is 0. The van der Waals surface area contributed by atoms with Gasteiger partial charge in [-0.2, -0.15) is 5.10 Å². The van der Waals surface area contributed by atoms with Crippen LogP contribution in [-0.4, -0.2) is 56.3 Å². The van der Waals surface area contributed by atoms with Crippen molar-refractivity contribution in [2.75, 3.05) is 31.1 Å². The van der Waals surface area contributed by atoms with Gasteiger partial charge in [0.15, 0.2) is 5.65 Å². The van der Waals surface area contributed by atoms with Crippen LogP contribution < -0.4 is 10.5 Å². The average molecular weight is 477 g/mol. The minimum absolute atomic E-state index is 0.0390. The number of anilines is 1. The molecule has 3 heterocycles. The van der Waals surface area contributed by atoms with Crippen molar-refractivity contribution < 1.29 is 4.79 Å². The number of nitrogens with zero attached hydrogens (tertiary/aromatic N) is 6. The highest BCUT2D eigenvalue weighted by atomic mass is 35.5. The number of benzene rings is 2. The van der Waals surface area contributed by atoms with E-state index in [1.165, 1.54) is 0 Å². The van der Waals surface area contributed by atoms with Crippen molar-refractivity contribution in [3.05, 3.63) is 82.0 Å². The van der Waals surface area contributed by atoms with Crippen molar-refractivity contribution in [3.8, 4) is 5.69 Å². The smallest absolute Gasteiger partial charge is 0.264 e. The lowest BCUT2D eigenvalue weighted by Gasteiger charge is -2.36. The third-order valence-electron chi connectivity index (χ3n) is 6.23. The molecule has 9 heteroatoms. The lowest BCUT2D eigenvalue weighted by Crippen LogP contribution is -2.49. The summed E-state index contributed by atoms with van der Waals surface area (Å²) >= 11 is 6.11. The van der Waals surface area contributed by atoms with Gasteiger partial charge in [-0.3, -0.25) is 14.2 Å². The third kappa shape index (κ3) is 4.28. The maximum absolute atomic E-state index is 13.1. The summed E-state index contributed by atoms with van der Waals surface area (Å²) in [5.41, 5.74) is 2.25. The molecule has 0 N–H and O–H groups in total. The maximum Gasteiger partial charge on any atom is 0.264 e. The zero-order chi connectivity index (χ0) is 23.7. The lowest BCUT2D eigenvalue weighted by molar-refractivity contribution is -0.131. The zero-order valence-corrected chi connectivity index (χ0v) is 19.6. The predicted octanol–water partition coefficient (Wildman–Crippen LogP) is 3.28. The molecular weight excluding hydrogens is 452 g/mol. The van der Waals surface area contributed by atoms with Crippen LogP contribution >= 0.6 is 11.6 Å². The molecule has 1 amide bonds. The molecule has 0 unspecified atom stereocenters. The number of carbonyl (C=O) groups is 1. The molecule has 174 valence electrons. The Morgan fingerprint density at radius 1 is 1.00 bits per heavy atom. The number of hydrogen-bond donors (Lipinski definition) is 0. The second-order valence-corrected chi connectivity index (χ2v) is 8.78. The molecule has 0 saturated carbocycles. The third-order valence-corrected chi connectivity index (χ3v) is 6.47. The Kier molecular flexibility index (Phi) is 6.06. The Labute approximate surface area is 202 Å². The Balaban J connectivity index is 1.26. The van der Waals surface area contributed by atoms with Crippen molar-refractivity contribution in [1.82, 2.24) is 24.2 Å². The summed E-state index contributed by atoms with van der Waals surface area (Å²) in [6.07, 6.45) is 1.79. The zero-order valence-electron chi connectivity index (χ0n) is 18.9. The summed E-state index contributed by atoms with van der Waals surface area (Å²) < 4.78 is 3.23. The van der Waals surface area contributed by atoms with Crippen molar-refractivity contribution in [2.24, 2.45) is 0 Å². The van der Waals surface area contributed by atoms with Gasteiger partial charge in [-0.1, -0.05) is 35.9 Å². The Morgan fingerprint density at radius 3 is 2.47 bits per heavy atom. The lowest BCUT2D eigenvalue weighted by atomic mass is 10.2. The molecule has 1 aliphatic heterocycles. The van der Waals surface area contributed by atoms with E-state index in [2.05, 4.69) is 15.0 Å². The van der Waals surface area contributed by atoms with E-state index < -0.39 is 0 Å². The number of fused-ring (bicyclic) bond motifs is 1. The fourth-order valence-corrected chi connectivity index (χ4v) is 4.56. The molecule has 0 radical (unpaired) electrons. The second-order valence-electron chi connectivity index (χ2n) is 8.34. The van der Waals surface area contributed by atoms with Crippen molar-refractivity contribution in [3.63, 3.8) is 0 Å². The molecule has 1 aliphatic rings. The van der Waals surface area contributed by atoms with Gasteiger partial charge in [-0.15, -0.1) is 0 Å². The molecule has 0 spiro atoms. The largest absolute Gasteiger partial charge is 0.368 e. The van der Waals surface area contributed by atoms with Gasteiger partial charge in [-0.05, 0) is 37.3 Å². The Bertz CT molecular complexity index is 1390. The number of aryl methyl sites for hydroxylation is 1. The maximum atomic E-state index is 13.1. The van der Waals surface area contributed by atoms with Gasteiger partial charge in [0.05, 0.1) is 11.9 Å². The van der Waals surface area contributed by atoms with Crippen LogP contribution in [0.15, 0.2) is 65.6 Å². The molecule has 34 heavy (non-hydrogen) atoms. The van der Waals surface area contributed by atoms with Gasteiger partial charge >= 0.3 is 0 Å². The topological polar surface area (TPSA) is 76.3 Å². The van der Waals surface area contributed by atoms with Crippen molar-refractivity contribution in [1.29, 1.82) is 0 Å². The van der Waals surface area contributed by atoms with Crippen molar-refractivity contribution in [2.45, 2.75) is 19.9 Å². The molecule has 1 fully saturated rings. The van der Waals surface area contributed by atoms with Crippen LogP contribution in [-0.2, 0) is 11.3 Å². The van der Waals surface area contributed by atoms with E-state index in [1.54, 1.807) is 22.4 Å². The fraction of sp³-hybridized carbons (Fsp3) is 0.280. The number of rotatable bonds is 5. The first-order valence-electron chi connectivity index (χ1n) is 11.3. The van der Waals surface area contributed by atoms with E-state index >= 15 is 0 Å². The van der Waals surface area contributed by atoms with E-state index in [1.807, 2.05) is 59.5 Å². The number of halogens is 1. The Hall–Kier alpha value is -3.65. The number of hydrogen-bond acceptors (Lipinski definition) is 5. The number of amides is 1. The predicted molar refractivity (Wildman–Crippen MR) is 133 cm³/mol. The van der Waals surface area contributed by atoms with Crippen LogP contribution in [0.4, 0.5) is 5.69 Å². The normalized spacial score (nSPS) is 14.1. The number of aromatic nitrogens is 4. The molecule has 1 saturated heterocycles. The average Bonchev–Trinajstić information content (AvgIpc) is 3.28. The summed E-state index contributed by atoms with van der Waals surface area (Å²) in [5, 5.41) is 5.51. The highest BCUT2D eigenvalue weighted by Gasteiger charge is 2.22. The van der Waals surface area contributed by atoms with E-state index in [9.17, 15) is 9.59 Å². The summed E-state index contributed by atoms with van der Waals surface area (Å²) in [4.78, 5) is 34.7. The van der Waals surface area contributed by atoms with Crippen LogP contribution in [0.5, 0.6) is 0 Å². The van der Waals surface area contributed by atoms with Gasteiger partial charge in [0.1, 0.15) is 11.2 Å². The SMILES string of the molecule is Cc1nc2c(cnn2-c2ccccc2)c(=O)n1CCC(=O)N1CCN(c2cccc(Cl)c2)CC1. The van der Waals surface area contributed by atoms with Crippen molar-refractivity contribution >= 4 is 34.2 Å². The minimum Gasteiger partial charge on any atom is -0.368 e. The van der Waals surface area contributed by atoms with Crippen LogP contribution in [0.25, 0.3) is 16.7 Å². The highest BCUT2D eigenvalue weighted by Crippen LogP contribution is 2.21. The molecule has 2 aromatic heterocycles. The molecule has 5 rings (SSSR count). The summed E-state index contributed by atoms with van der Waals surface area (Å²) in [5.74, 6) is 0.603. The molecule has 4 aromatic rings. The monoisotopic (exact) mass is 476 g/mol. The summed E-state index contributed by atoms with van der Waals surface area (Å²) in [6, 6.07) is 17.3. The molecule has 0 atom stereocenters. The Morgan fingerprint density at radius 2 is 1.74 bits per heavy atom. The quantitative estimate of drug-likeness (QED) is 0.442. The molecule has 8 nitrogen and oxygen atoms in total. The fourth-order valence-electron chi connectivity index (χ4n) is 4.38. The number of carbonyl (C=O) groups excluding carboxylic acids is 1. The standard InChI is InChI=1S/C25H25ClN6O2/c1-18-28-24-22(17-27-32(24)20-7-3-2-4-8-20)25(34)31(18)11-10-23(33)30-14-12-29(13-15-30)21-9-5-6-19(26)16-21/h2-9,16-17H,10-15H2,1H3. The van der Waals surface area contributed by atoms with Crippen LogP contribution in [0.1, 0.15) is 12.2 Å². The second kappa shape index (κ2) is 9.30. The molecule has 0 aliphatic carbocycles. The number of para-hydroxylation sites is 1. The van der Waals surface area contributed by atoms with E-state index in [0.717, 1.165) is 24.5 Å². The van der Waals surface area contributed by atoms with E-state index in [0.29, 0.717) is 35.0 Å². The van der Waals surface area contributed by atoms with Gasteiger partial charge in [0.25, 0.3) is 5.56 Å². The van der Waals surface area contributed by atoms with E-state index in [4.69, 9.17) is 11.6 Å². The first-order valence-corrected chi connectivity index (χ1v) is 11.7. The molecule has 2 aromatic carbocycles. The molecular formula is C25H25ClN6O2. The number of piperazine rings is 1. The van der Waals surface area contributed by atoms with Gasteiger partial charge in [0.2, 0.25) is 5.91 Å². The van der Waals surface area contributed by atoms with Crippen LogP contribution in [0, 0.1) is 6.92 Å². The minimum atomic E-state index is -0.178. The van der Waals surface area contributed by atoms with E-state index in [-0.39, 0.29) is 24.4 Å². The molecule has 0 bridgehead atoms. The van der Waals surface area contributed by atoms with Gasteiger partial charge < -0.3 is 9.80 Å². The first kappa shape index (κ1) is 22.2. The summed E-state index contributed by atoms with van der Waals surface area (Å²) in [6.45, 7) is 4.85. The highest BCUT2D eigenvalue weighted by molar-refractivity contribution is 6.30. The van der Waals surface area contributed by atoms with Crippen LogP contribution in [0.2, 0.25) is 5.02 Å². The van der Waals surface area contributed by atoms with Gasteiger partial charge in [0, 0.05) is 49.9 Å².